The second-order valence-corrected chi connectivity index (χ2v) is 10.9. The molecule has 0 nitrogen and oxygen atoms in total. The van der Waals surface area contributed by atoms with E-state index in [9.17, 15) is 0 Å². The van der Waals surface area contributed by atoms with Crippen LogP contribution in [0.4, 0.5) is 0 Å². The van der Waals surface area contributed by atoms with Crippen molar-refractivity contribution < 1.29 is 0 Å². The van der Waals surface area contributed by atoms with Crippen molar-refractivity contribution in [2.75, 3.05) is 5.75 Å². The third-order valence-electron chi connectivity index (χ3n) is 0.387. The maximum atomic E-state index is 2.36. The van der Waals surface area contributed by atoms with Gasteiger partial charge in [0.1, 0.15) is 0 Å². The van der Waals surface area contributed by atoms with Crippen molar-refractivity contribution in [3.8, 4) is 0 Å². The molecule has 38 valence electrons. The summed E-state index contributed by atoms with van der Waals surface area (Å²) in [6, 6.07) is 0. The summed E-state index contributed by atoms with van der Waals surface area (Å²) in [4.78, 5) is 0. The fourth-order valence-electron chi connectivity index (χ4n) is 0.258. The van der Waals surface area contributed by atoms with Crippen molar-refractivity contribution in [2.45, 2.75) is 18.3 Å². The van der Waals surface area contributed by atoms with E-state index in [4.69, 9.17) is 0 Å². The van der Waals surface area contributed by atoms with Crippen molar-refractivity contribution in [1.29, 1.82) is 0 Å². The van der Waals surface area contributed by atoms with Gasteiger partial charge in [-0.15, -0.1) is 0 Å². The molecule has 0 saturated carbocycles. The first-order valence-corrected chi connectivity index (χ1v) is 9.07. The van der Waals surface area contributed by atoms with E-state index in [-0.39, 0.29) is 13.5 Å². The molecular formula is C4H11AsS. The van der Waals surface area contributed by atoms with E-state index in [2.05, 4.69) is 28.4 Å². The van der Waals surface area contributed by atoms with Gasteiger partial charge in [-0.3, -0.25) is 0 Å². The third-order valence-corrected chi connectivity index (χ3v) is 6.04. The molecule has 0 fully saturated rings. The van der Waals surface area contributed by atoms with E-state index >= 15 is 0 Å². The molecule has 0 spiro atoms. The van der Waals surface area contributed by atoms with Gasteiger partial charge in [-0.1, -0.05) is 0 Å². The molecule has 0 aromatic rings. The molecule has 0 unspecified atom stereocenters. The van der Waals surface area contributed by atoms with Crippen molar-refractivity contribution >= 4 is 23.5 Å². The van der Waals surface area contributed by atoms with Crippen LogP contribution in [0.15, 0.2) is 0 Å². The summed E-state index contributed by atoms with van der Waals surface area (Å²) in [5.74, 6) is 1.31. The van der Waals surface area contributed by atoms with E-state index in [1.165, 1.54) is 5.75 Å². The fraction of sp³-hybridized carbons (Fsp3) is 1.00. The van der Waals surface area contributed by atoms with Crippen LogP contribution in [0, 0.1) is 0 Å². The Morgan fingerprint density at radius 1 is 1.50 bits per heavy atom. The van der Waals surface area contributed by atoms with Crippen molar-refractivity contribution in [1.82, 2.24) is 0 Å². The average Bonchev–Trinajstić information content (AvgIpc) is 1.35. The van der Waals surface area contributed by atoms with Crippen LogP contribution in [-0.2, 0) is 0 Å². The second kappa shape index (κ2) is 4.08. The molecule has 0 saturated heterocycles. The monoisotopic (exact) mass is 166 g/mol. The molecule has 0 aliphatic heterocycles. The molecule has 0 N–H and O–H groups in total. The predicted octanol–water partition coefficient (Wildman–Crippen LogP) is 1.99. The topological polar surface area (TPSA) is 0 Å². The standard InChI is InChI=1S/C4H11AsS/c1-4-6-5(2)3/h4H2,1-3H3. The van der Waals surface area contributed by atoms with Crippen molar-refractivity contribution in [3.63, 3.8) is 0 Å². The van der Waals surface area contributed by atoms with Crippen LogP contribution in [0.3, 0.4) is 0 Å². The molecule has 2 heteroatoms. The summed E-state index contributed by atoms with van der Waals surface area (Å²) in [6.45, 7) is 2.22. The minimum atomic E-state index is -0.307. The van der Waals surface area contributed by atoms with Gasteiger partial charge in [0.05, 0.1) is 0 Å². The molecule has 0 bridgehead atoms. The van der Waals surface area contributed by atoms with Crippen LogP contribution in [-0.4, -0.2) is 19.2 Å². The zero-order chi connectivity index (χ0) is 4.99. The van der Waals surface area contributed by atoms with Crippen LogP contribution >= 0.6 is 10.0 Å². The summed E-state index contributed by atoms with van der Waals surface area (Å²) in [5.41, 5.74) is 4.72. The number of hydrogen-bond acceptors (Lipinski definition) is 1. The van der Waals surface area contributed by atoms with Gasteiger partial charge in [-0.05, 0) is 0 Å². The molecular weight excluding hydrogens is 155 g/mol. The second-order valence-electron chi connectivity index (χ2n) is 1.23. The Hall–Kier alpha value is 0.908. The van der Waals surface area contributed by atoms with Crippen LogP contribution < -0.4 is 0 Å². The van der Waals surface area contributed by atoms with Crippen molar-refractivity contribution in [3.05, 3.63) is 0 Å². The first kappa shape index (κ1) is 6.91. The molecule has 6 heavy (non-hydrogen) atoms. The van der Waals surface area contributed by atoms with Gasteiger partial charge in [-0.2, -0.15) is 0 Å². The normalized spacial score (nSPS) is 10.0. The maximum absolute atomic E-state index is 2.36. The third kappa shape index (κ3) is 4.91. The van der Waals surface area contributed by atoms with Gasteiger partial charge >= 0.3 is 47.6 Å². The van der Waals surface area contributed by atoms with E-state index in [1.807, 2.05) is 0 Å². The summed E-state index contributed by atoms with van der Waals surface area (Å²) in [6.07, 6.45) is 0. The zero-order valence-electron chi connectivity index (χ0n) is 4.56. The van der Waals surface area contributed by atoms with Gasteiger partial charge in [0.15, 0.2) is 0 Å². The van der Waals surface area contributed by atoms with E-state index < -0.39 is 0 Å². The first-order chi connectivity index (χ1) is 2.77. The molecule has 0 aromatic carbocycles. The number of rotatable bonds is 2. The number of hydrogen-bond donors (Lipinski definition) is 0. The van der Waals surface area contributed by atoms with E-state index in [0.29, 0.717) is 0 Å². The molecule has 0 rings (SSSR count). The molecule has 0 aliphatic carbocycles. The zero-order valence-corrected chi connectivity index (χ0v) is 7.26. The van der Waals surface area contributed by atoms with Crippen LogP contribution in [0.2, 0.25) is 11.4 Å². The Morgan fingerprint density at radius 2 is 2.00 bits per heavy atom. The molecule has 0 aromatic heterocycles. The van der Waals surface area contributed by atoms with Gasteiger partial charge in [0.25, 0.3) is 0 Å². The molecule has 0 amide bonds. The molecule has 0 aliphatic rings. The van der Waals surface area contributed by atoms with Gasteiger partial charge < -0.3 is 0 Å². The van der Waals surface area contributed by atoms with Crippen LogP contribution in [0.1, 0.15) is 6.92 Å². The Kier molecular flexibility index (Phi) is 4.70. The van der Waals surface area contributed by atoms with E-state index in [0.717, 1.165) is 0 Å². The molecule has 0 radical (unpaired) electrons. The summed E-state index contributed by atoms with van der Waals surface area (Å²) in [7, 11) is 2.13. The minimum absolute atomic E-state index is 0.307. The van der Waals surface area contributed by atoms with Crippen molar-refractivity contribution in [2.24, 2.45) is 0 Å². The summed E-state index contributed by atoms with van der Waals surface area (Å²) >= 11 is -0.307. The summed E-state index contributed by atoms with van der Waals surface area (Å²) in [5, 5.41) is 0. The average molecular weight is 166 g/mol. The quantitative estimate of drug-likeness (QED) is 0.565. The van der Waals surface area contributed by atoms with Gasteiger partial charge in [0.2, 0.25) is 0 Å². The Morgan fingerprint density at radius 3 is 2.00 bits per heavy atom. The summed E-state index contributed by atoms with van der Waals surface area (Å²) < 4.78 is 0. The Bertz CT molecular complexity index is 28.7. The van der Waals surface area contributed by atoms with Crippen LogP contribution in [0.5, 0.6) is 0 Å². The first-order valence-electron chi connectivity index (χ1n) is 2.07. The van der Waals surface area contributed by atoms with E-state index in [1.54, 1.807) is 0 Å². The molecule has 0 heterocycles. The fourth-order valence-corrected chi connectivity index (χ4v) is 4.02. The Balaban J connectivity index is 2.63. The van der Waals surface area contributed by atoms with Crippen LogP contribution in [0.25, 0.3) is 0 Å². The SMILES string of the molecule is CCS[As](C)C. The van der Waals surface area contributed by atoms with Gasteiger partial charge in [0, 0.05) is 0 Å². The predicted molar refractivity (Wildman–Crippen MR) is 35.6 cm³/mol. The molecule has 0 atom stereocenters. The van der Waals surface area contributed by atoms with Gasteiger partial charge in [-0.25, -0.2) is 0 Å². The Labute approximate surface area is 47.9 Å².